The molecule has 0 aliphatic carbocycles. The van der Waals surface area contributed by atoms with E-state index in [1.807, 2.05) is 13.0 Å². The lowest BCUT2D eigenvalue weighted by atomic mass is 10.0. The molecule has 1 N–H and O–H groups in total. The fraction of sp³-hybridized carbons (Fsp3) is 0.240. The molecule has 1 aliphatic heterocycles. The zero-order valence-corrected chi connectivity index (χ0v) is 18.8. The van der Waals surface area contributed by atoms with Gasteiger partial charge in [-0.15, -0.1) is 5.10 Å². The molecule has 5 rings (SSSR count). The van der Waals surface area contributed by atoms with Gasteiger partial charge in [-0.2, -0.15) is 4.68 Å². The van der Waals surface area contributed by atoms with Crippen LogP contribution in [0, 0.1) is 5.82 Å². The molecule has 0 saturated carbocycles. The van der Waals surface area contributed by atoms with Crippen LogP contribution in [0.3, 0.4) is 0 Å². The highest BCUT2D eigenvalue weighted by Crippen LogP contribution is 2.29. The van der Waals surface area contributed by atoms with Crippen molar-refractivity contribution >= 4 is 28.5 Å². The highest BCUT2D eigenvalue weighted by atomic mass is 19.1. The monoisotopic (exact) mass is 457 g/mol. The zero-order valence-electron chi connectivity index (χ0n) is 18.8. The van der Waals surface area contributed by atoms with Crippen molar-refractivity contribution in [3.8, 4) is 5.69 Å². The number of nitrogens with one attached hydrogen (secondary N) is 1. The van der Waals surface area contributed by atoms with E-state index in [1.54, 1.807) is 41.6 Å². The molecule has 1 atom stereocenters. The van der Waals surface area contributed by atoms with Gasteiger partial charge in [0.25, 0.3) is 5.91 Å². The number of piperidine rings is 1. The molecular formula is C25H24FN7O. The molecule has 1 aromatic carbocycles. The maximum Gasteiger partial charge on any atom is 0.262 e. The number of fused-ring (bicyclic) bond motifs is 1. The predicted octanol–water partition coefficient (Wildman–Crippen LogP) is 3.78. The first-order chi connectivity index (χ1) is 16.5. The van der Waals surface area contributed by atoms with E-state index in [1.165, 1.54) is 16.8 Å². The third-order valence-corrected chi connectivity index (χ3v) is 5.97. The van der Waals surface area contributed by atoms with Gasteiger partial charge in [-0.25, -0.2) is 14.4 Å². The van der Waals surface area contributed by atoms with Crippen LogP contribution in [0.2, 0.25) is 0 Å². The van der Waals surface area contributed by atoms with Crippen molar-refractivity contribution in [1.29, 1.82) is 0 Å². The number of benzene rings is 1. The van der Waals surface area contributed by atoms with Gasteiger partial charge in [0.05, 0.1) is 17.3 Å². The van der Waals surface area contributed by atoms with Gasteiger partial charge in [0.15, 0.2) is 5.65 Å². The van der Waals surface area contributed by atoms with Crippen molar-refractivity contribution in [3.05, 3.63) is 78.4 Å². The average molecular weight is 458 g/mol. The molecule has 1 amide bonds. The first-order valence-electron chi connectivity index (χ1n) is 11.2. The van der Waals surface area contributed by atoms with E-state index in [-0.39, 0.29) is 11.6 Å². The van der Waals surface area contributed by atoms with Gasteiger partial charge < -0.3 is 5.32 Å². The van der Waals surface area contributed by atoms with Gasteiger partial charge in [0.2, 0.25) is 0 Å². The SMILES string of the molecule is C=C(C)c1cccnc1N(C(=O)c1ccc(-n2nnc3cccnc32)cc1F)[C@@H]1CCCNC1. The van der Waals surface area contributed by atoms with Crippen molar-refractivity contribution in [2.75, 3.05) is 18.0 Å². The van der Waals surface area contributed by atoms with Crippen LogP contribution in [0.25, 0.3) is 22.4 Å². The van der Waals surface area contributed by atoms with Gasteiger partial charge in [0, 0.05) is 30.6 Å². The Morgan fingerprint density at radius 1 is 1.18 bits per heavy atom. The molecule has 34 heavy (non-hydrogen) atoms. The highest BCUT2D eigenvalue weighted by molar-refractivity contribution is 6.07. The van der Waals surface area contributed by atoms with Crippen LogP contribution < -0.4 is 10.2 Å². The van der Waals surface area contributed by atoms with E-state index in [0.717, 1.165) is 30.5 Å². The van der Waals surface area contributed by atoms with E-state index in [2.05, 4.69) is 32.2 Å². The summed E-state index contributed by atoms with van der Waals surface area (Å²) in [5.74, 6) is -0.604. The fourth-order valence-electron chi connectivity index (χ4n) is 4.29. The van der Waals surface area contributed by atoms with Crippen LogP contribution in [-0.2, 0) is 0 Å². The van der Waals surface area contributed by atoms with Crippen LogP contribution >= 0.6 is 0 Å². The van der Waals surface area contributed by atoms with Crippen LogP contribution in [0.15, 0.2) is 61.4 Å². The number of hydrogen-bond donors (Lipinski definition) is 1. The maximum absolute atomic E-state index is 15.4. The number of hydrogen-bond acceptors (Lipinski definition) is 6. The molecule has 1 fully saturated rings. The first-order valence-corrected chi connectivity index (χ1v) is 11.2. The number of anilines is 1. The summed E-state index contributed by atoms with van der Waals surface area (Å²) in [5, 5.41) is 11.5. The van der Waals surface area contributed by atoms with Gasteiger partial charge in [-0.05, 0) is 68.3 Å². The summed E-state index contributed by atoms with van der Waals surface area (Å²) in [6.07, 6.45) is 4.97. The summed E-state index contributed by atoms with van der Waals surface area (Å²) in [4.78, 5) is 24.2. The van der Waals surface area contributed by atoms with Crippen molar-refractivity contribution in [2.45, 2.75) is 25.8 Å². The van der Waals surface area contributed by atoms with Gasteiger partial charge in [-0.3, -0.25) is 9.69 Å². The van der Waals surface area contributed by atoms with Crippen LogP contribution in [0.1, 0.15) is 35.7 Å². The molecule has 0 spiro atoms. The highest BCUT2D eigenvalue weighted by Gasteiger charge is 2.32. The number of carbonyl (C=O) groups is 1. The maximum atomic E-state index is 15.4. The second-order valence-corrected chi connectivity index (χ2v) is 8.34. The standard InChI is InChI=1S/C25H24FN7O/c1-16(2)19-7-4-12-28-23(19)32(18-6-3-11-27-15-18)25(34)20-10-9-17(14-21(20)26)33-24-22(30-31-33)8-5-13-29-24/h4-5,7-10,12-14,18,27H,1,3,6,11,15H2,2H3/t18-/m1/s1. The smallest absolute Gasteiger partial charge is 0.262 e. The Labute approximate surface area is 196 Å². The molecule has 0 radical (unpaired) electrons. The Hall–Kier alpha value is -3.98. The lowest BCUT2D eigenvalue weighted by Crippen LogP contribution is -2.49. The molecular weight excluding hydrogens is 433 g/mol. The lowest BCUT2D eigenvalue weighted by Gasteiger charge is -2.35. The van der Waals surface area contributed by atoms with E-state index in [0.29, 0.717) is 29.2 Å². The van der Waals surface area contributed by atoms with Crippen molar-refractivity contribution in [3.63, 3.8) is 0 Å². The summed E-state index contributed by atoms with van der Waals surface area (Å²) in [6.45, 7) is 7.40. The summed E-state index contributed by atoms with van der Waals surface area (Å²) in [5.41, 5.74) is 3.05. The number of pyridine rings is 2. The van der Waals surface area contributed by atoms with Gasteiger partial charge in [0.1, 0.15) is 17.2 Å². The van der Waals surface area contributed by atoms with E-state index in [4.69, 9.17) is 0 Å². The molecule has 1 aliphatic rings. The summed E-state index contributed by atoms with van der Waals surface area (Å²) in [7, 11) is 0. The van der Waals surface area contributed by atoms with E-state index < -0.39 is 11.7 Å². The first kappa shape index (κ1) is 21.8. The molecule has 9 heteroatoms. The molecule has 3 aromatic heterocycles. The number of nitrogens with zero attached hydrogens (tertiary/aromatic N) is 6. The van der Waals surface area contributed by atoms with Crippen molar-refractivity contribution in [2.24, 2.45) is 0 Å². The van der Waals surface area contributed by atoms with Crippen LogP contribution in [-0.4, -0.2) is 50.0 Å². The Balaban J connectivity index is 1.56. The molecule has 172 valence electrons. The second kappa shape index (κ2) is 9.11. The number of carbonyl (C=O) groups excluding carboxylic acids is 1. The molecule has 4 heterocycles. The summed E-state index contributed by atoms with van der Waals surface area (Å²) >= 11 is 0. The quantitative estimate of drug-likeness (QED) is 0.491. The normalized spacial score (nSPS) is 15.9. The van der Waals surface area contributed by atoms with Gasteiger partial charge >= 0.3 is 0 Å². The third-order valence-electron chi connectivity index (χ3n) is 5.97. The predicted molar refractivity (Wildman–Crippen MR) is 128 cm³/mol. The molecule has 8 nitrogen and oxygen atoms in total. The van der Waals surface area contributed by atoms with E-state index >= 15 is 4.39 Å². The topological polar surface area (TPSA) is 88.8 Å². The molecule has 0 unspecified atom stereocenters. The fourth-order valence-corrected chi connectivity index (χ4v) is 4.29. The van der Waals surface area contributed by atoms with Crippen LogP contribution in [0.4, 0.5) is 10.2 Å². The van der Waals surface area contributed by atoms with Crippen molar-refractivity contribution < 1.29 is 9.18 Å². The number of halogens is 1. The Bertz CT molecular complexity index is 1380. The molecule has 4 aromatic rings. The van der Waals surface area contributed by atoms with Crippen molar-refractivity contribution in [1.82, 2.24) is 30.3 Å². The Morgan fingerprint density at radius 3 is 2.76 bits per heavy atom. The largest absolute Gasteiger partial charge is 0.315 e. The molecule has 0 bridgehead atoms. The number of amides is 1. The summed E-state index contributed by atoms with van der Waals surface area (Å²) in [6, 6.07) is 11.5. The number of rotatable bonds is 5. The summed E-state index contributed by atoms with van der Waals surface area (Å²) < 4.78 is 16.9. The molecule has 1 saturated heterocycles. The zero-order chi connectivity index (χ0) is 23.7. The Morgan fingerprint density at radius 2 is 2.00 bits per heavy atom. The minimum Gasteiger partial charge on any atom is -0.315 e. The number of aromatic nitrogens is 5. The lowest BCUT2D eigenvalue weighted by molar-refractivity contribution is 0.0967. The van der Waals surface area contributed by atoms with Gasteiger partial charge in [-0.1, -0.05) is 11.8 Å². The third kappa shape index (κ3) is 3.94. The average Bonchev–Trinajstić information content (AvgIpc) is 3.29. The van der Waals surface area contributed by atoms with Crippen LogP contribution in [0.5, 0.6) is 0 Å². The minimum atomic E-state index is -0.649. The van der Waals surface area contributed by atoms with E-state index in [9.17, 15) is 4.79 Å². The number of allylic oxidation sites excluding steroid dienone is 1. The Kier molecular flexibility index (Phi) is 5.85. The minimum absolute atomic E-state index is 0.0370. The second-order valence-electron chi connectivity index (χ2n) is 8.34.